The van der Waals surface area contributed by atoms with E-state index in [1.807, 2.05) is 89.8 Å². The van der Waals surface area contributed by atoms with Gasteiger partial charge in [0.25, 0.3) is 0 Å². The van der Waals surface area contributed by atoms with E-state index in [2.05, 4.69) is 10.2 Å². The second-order valence-corrected chi connectivity index (χ2v) is 9.50. The van der Waals surface area contributed by atoms with Crippen molar-refractivity contribution in [1.82, 2.24) is 15.1 Å². The highest BCUT2D eigenvalue weighted by Gasteiger charge is 2.21. The van der Waals surface area contributed by atoms with Crippen LogP contribution >= 0.6 is 0 Å². The maximum atomic E-state index is 13.0. The third-order valence-electron chi connectivity index (χ3n) is 6.95. The summed E-state index contributed by atoms with van der Waals surface area (Å²) in [6.07, 6.45) is 2.59. The molecule has 0 bridgehead atoms. The Morgan fingerprint density at radius 2 is 1.46 bits per heavy atom. The summed E-state index contributed by atoms with van der Waals surface area (Å²) in [6.45, 7) is 3.86. The molecular formula is C31H37N3O3. The van der Waals surface area contributed by atoms with Gasteiger partial charge < -0.3 is 19.9 Å². The number of carbonyl (C=O) groups is 2. The second-order valence-electron chi connectivity index (χ2n) is 9.50. The standard InChI is InChI=1S/C31H37N3O3/c1-37-28-16-13-25(14-17-28)15-18-30(36)34-21-8-20-33(23-24-34)22-19-29(35)32-31(26-9-4-2-5-10-26)27-11-6-3-7-12-27/h2-7,9-14,16-17,31H,8,15,18-24H2,1H3,(H,32,35). The molecule has 1 aliphatic rings. The molecule has 0 saturated carbocycles. The van der Waals surface area contributed by atoms with Crippen LogP contribution in [-0.2, 0) is 16.0 Å². The van der Waals surface area contributed by atoms with E-state index in [0.29, 0.717) is 25.9 Å². The maximum absolute atomic E-state index is 13.0. The molecule has 4 rings (SSSR count). The highest BCUT2D eigenvalue weighted by Crippen LogP contribution is 2.22. The third-order valence-corrected chi connectivity index (χ3v) is 6.95. The van der Waals surface area contributed by atoms with Crippen molar-refractivity contribution >= 4 is 11.8 Å². The highest BCUT2D eigenvalue weighted by molar-refractivity contribution is 5.77. The molecule has 1 N–H and O–H groups in total. The topological polar surface area (TPSA) is 61.9 Å². The molecule has 37 heavy (non-hydrogen) atoms. The summed E-state index contributed by atoms with van der Waals surface area (Å²) < 4.78 is 5.20. The van der Waals surface area contributed by atoms with Crippen LogP contribution < -0.4 is 10.1 Å². The van der Waals surface area contributed by atoms with Gasteiger partial charge in [0.1, 0.15) is 5.75 Å². The monoisotopic (exact) mass is 499 g/mol. The van der Waals surface area contributed by atoms with Crippen LogP contribution in [0.3, 0.4) is 0 Å². The number of hydrogen-bond donors (Lipinski definition) is 1. The van der Waals surface area contributed by atoms with Crippen LogP contribution in [0.2, 0.25) is 0 Å². The average Bonchev–Trinajstić information content (AvgIpc) is 3.20. The van der Waals surface area contributed by atoms with Crippen molar-refractivity contribution in [2.75, 3.05) is 39.8 Å². The van der Waals surface area contributed by atoms with Gasteiger partial charge in [-0.3, -0.25) is 9.59 Å². The lowest BCUT2D eigenvalue weighted by Gasteiger charge is -2.23. The van der Waals surface area contributed by atoms with Crippen molar-refractivity contribution < 1.29 is 14.3 Å². The number of nitrogens with zero attached hydrogens (tertiary/aromatic N) is 2. The Labute approximate surface area is 220 Å². The Bertz CT molecular complexity index is 1080. The van der Waals surface area contributed by atoms with Crippen LogP contribution in [0.1, 0.15) is 42.0 Å². The minimum Gasteiger partial charge on any atom is -0.497 e. The zero-order chi connectivity index (χ0) is 25.9. The normalized spacial score (nSPS) is 14.3. The smallest absolute Gasteiger partial charge is 0.222 e. The van der Waals surface area contributed by atoms with E-state index in [0.717, 1.165) is 54.9 Å². The number of nitrogens with one attached hydrogen (secondary N) is 1. The number of rotatable bonds is 10. The Morgan fingerprint density at radius 1 is 0.811 bits per heavy atom. The van der Waals surface area contributed by atoms with Crippen molar-refractivity contribution in [2.45, 2.75) is 31.7 Å². The van der Waals surface area contributed by atoms with Crippen molar-refractivity contribution in [3.8, 4) is 5.75 Å². The summed E-state index contributed by atoms with van der Waals surface area (Å²) in [5.41, 5.74) is 3.28. The molecule has 1 aliphatic heterocycles. The molecule has 0 atom stereocenters. The van der Waals surface area contributed by atoms with Gasteiger partial charge >= 0.3 is 0 Å². The van der Waals surface area contributed by atoms with Gasteiger partial charge in [-0.1, -0.05) is 72.8 Å². The van der Waals surface area contributed by atoms with E-state index in [4.69, 9.17) is 4.74 Å². The van der Waals surface area contributed by atoms with Crippen LogP contribution in [0.25, 0.3) is 0 Å². The van der Waals surface area contributed by atoms with Crippen molar-refractivity contribution in [3.05, 3.63) is 102 Å². The number of carbonyl (C=O) groups excluding carboxylic acids is 2. The molecule has 2 amide bonds. The molecule has 0 radical (unpaired) electrons. The van der Waals surface area contributed by atoms with Crippen molar-refractivity contribution in [1.29, 1.82) is 0 Å². The molecule has 6 nitrogen and oxygen atoms in total. The number of ether oxygens (including phenoxy) is 1. The van der Waals surface area contributed by atoms with Crippen LogP contribution in [0, 0.1) is 0 Å². The van der Waals surface area contributed by atoms with Gasteiger partial charge in [0.15, 0.2) is 0 Å². The van der Waals surface area contributed by atoms with E-state index in [9.17, 15) is 9.59 Å². The molecule has 0 aromatic heterocycles. The number of hydrogen-bond acceptors (Lipinski definition) is 4. The van der Waals surface area contributed by atoms with E-state index in [1.165, 1.54) is 0 Å². The zero-order valence-corrected chi connectivity index (χ0v) is 21.6. The van der Waals surface area contributed by atoms with Gasteiger partial charge in [0.2, 0.25) is 11.8 Å². The van der Waals surface area contributed by atoms with E-state index >= 15 is 0 Å². The summed E-state index contributed by atoms with van der Waals surface area (Å²) in [4.78, 5) is 30.1. The Balaban J connectivity index is 1.24. The molecule has 194 valence electrons. The molecule has 3 aromatic carbocycles. The van der Waals surface area contributed by atoms with E-state index in [-0.39, 0.29) is 17.9 Å². The van der Waals surface area contributed by atoms with Gasteiger partial charge in [-0.05, 0) is 48.2 Å². The van der Waals surface area contributed by atoms with Crippen molar-refractivity contribution in [2.24, 2.45) is 0 Å². The molecule has 1 heterocycles. The summed E-state index contributed by atoms with van der Waals surface area (Å²) in [7, 11) is 1.65. The van der Waals surface area contributed by atoms with Gasteiger partial charge in [-0.2, -0.15) is 0 Å². The van der Waals surface area contributed by atoms with Gasteiger partial charge in [-0.15, -0.1) is 0 Å². The van der Waals surface area contributed by atoms with Gasteiger partial charge in [0.05, 0.1) is 13.2 Å². The molecule has 6 heteroatoms. The fraction of sp³-hybridized carbons (Fsp3) is 0.355. The fourth-order valence-electron chi connectivity index (χ4n) is 4.79. The van der Waals surface area contributed by atoms with Crippen molar-refractivity contribution in [3.63, 3.8) is 0 Å². The summed E-state index contributed by atoms with van der Waals surface area (Å²) >= 11 is 0. The maximum Gasteiger partial charge on any atom is 0.222 e. The first kappa shape index (κ1) is 26.4. The average molecular weight is 500 g/mol. The zero-order valence-electron chi connectivity index (χ0n) is 21.6. The molecule has 0 unspecified atom stereocenters. The quantitative estimate of drug-likeness (QED) is 0.448. The lowest BCUT2D eigenvalue weighted by molar-refractivity contribution is -0.131. The predicted octanol–water partition coefficient (Wildman–Crippen LogP) is 4.46. The largest absolute Gasteiger partial charge is 0.497 e. The molecule has 1 saturated heterocycles. The number of methoxy groups -OCH3 is 1. The Hall–Kier alpha value is -3.64. The molecule has 1 fully saturated rings. The van der Waals surface area contributed by atoms with Crippen LogP contribution in [0.4, 0.5) is 0 Å². The lowest BCUT2D eigenvalue weighted by atomic mass is 9.98. The SMILES string of the molecule is COc1ccc(CCC(=O)N2CCCN(CCC(=O)NC(c3ccccc3)c3ccccc3)CC2)cc1. The molecule has 0 spiro atoms. The Morgan fingerprint density at radius 3 is 2.08 bits per heavy atom. The minimum absolute atomic E-state index is 0.0365. The second kappa shape index (κ2) is 13.6. The molecule has 0 aliphatic carbocycles. The first-order valence-corrected chi connectivity index (χ1v) is 13.1. The molecule has 3 aromatic rings. The number of benzene rings is 3. The summed E-state index contributed by atoms with van der Waals surface area (Å²) in [6, 6.07) is 27.9. The molecular weight excluding hydrogens is 462 g/mol. The lowest BCUT2D eigenvalue weighted by Crippen LogP contribution is -2.37. The first-order chi connectivity index (χ1) is 18.1. The van der Waals surface area contributed by atoms with E-state index in [1.54, 1.807) is 7.11 Å². The van der Waals surface area contributed by atoms with Crippen LogP contribution in [0.15, 0.2) is 84.9 Å². The Kier molecular flexibility index (Phi) is 9.72. The van der Waals surface area contributed by atoms with Crippen LogP contribution in [-0.4, -0.2) is 61.4 Å². The fourth-order valence-corrected chi connectivity index (χ4v) is 4.79. The minimum atomic E-state index is -0.169. The predicted molar refractivity (Wildman–Crippen MR) is 146 cm³/mol. The first-order valence-electron chi connectivity index (χ1n) is 13.1. The number of aryl methyl sites for hydroxylation is 1. The van der Waals surface area contributed by atoms with Gasteiger partial charge in [0, 0.05) is 39.0 Å². The summed E-state index contributed by atoms with van der Waals surface area (Å²) in [5, 5.41) is 3.23. The third kappa shape index (κ3) is 7.92. The van der Waals surface area contributed by atoms with Gasteiger partial charge in [-0.25, -0.2) is 0 Å². The van der Waals surface area contributed by atoms with E-state index < -0.39 is 0 Å². The highest BCUT2D eigenvalue weighted by atomic mass is 16.5. The van der Waals surface area contributed by atoms with Crippen LogP contribution in [0.5, 0.6) is 5.75 Å². The summed E-state index contributed by atoms with van der Waals surface area (Å²) in [5.74, 6) is 1.06. The number of amides is 2.